The lowest BCUT2D eigenvalue weighted by molar-refractivity contribution is 0.0464. The van der Waals surface area contributed by atoms with Gasteiger partial charge in [-0.15, -0.1) is 0 Å². The molecule has 3 aromatic rings. The van der Waals surface area contributed by atoms with E-state index >= 15 is 0 Å². The Bertz CT molecular complexity index is 1030. The van der Waals surface area contributed by atoms with Gasteiger partial charge in [0.05, 0.1) is 10.5 Å². The van der Waals surface area contributed by atoms with Gasteiger partial charge in [0.1, 0.15) is 18.1 Å². The number of nitrogens with one attached hydrogen (secondary N) is 1. The minimum Gasteiger partial charge on any atom is -0.455 e. The molecular weight excluding hydrogens is 368 g/mol. The van der Waals surface area contributed by atoms with Crippen LogP contribution in [0.15, 0.2) is 70.1 Å². The van der Waals surface area contributed by atoms with Gasteiger partial charge in [-0.25, -0.2) is 17.9 Å². The third-order valence-electron chi connectivity index (χ3n) is 3.72. The van der Waals surface area contributed by atoms with Crippen LogP contribution in [0.3, 0.4) is 0 Å². The first kappa shape index (κ1) is 18.8. The first-order chi connectivity index (χ1) is 12.9. The molecule has 27 heavy (non-hydrogen) atoms. The summed E-state index contributed by atoms with van der Waals surface area (Å²) in [7, 11) is -3.76. The molecule has 0 aliphatic heterocycles. The number of carbonyl (C=O) groups is 1. The highest BCUT2D eigenvalue weighted by atomic mass is 32.2. The summed E-state index contributed by atoms with van der Waals surface area (Å²) in [4.78, 5) is 12.2. The number of carbonyl (C=O) groups excluding carboxylic acids is 1. The van der Waals surface area contributed by atoms with Crippen LogP contribution in [0.2, 0.25) is 0 Å². The molecule has 7 nitrogen and oxygen atoms in total. The van der Waals surface area contributed by atoms with Crippen LogP contribution in [-0.2, 0) is 27.9 Å². The molecule has 0 atom stereocenters. The molecule has 0 amide bonds. The molecule has 3 rings (SSSR count). The number of hydrogen-bond acceptors (Lipinski definition) is 6. The van der Waals surface area contributed by atoms with Crippen LogP contribution in [0.25, 0.3) is 0 Å². The Kier molecular flexibility index (Phi) is 5.68. The number of aryl methyl sites for hydroxylation is 1. The van der Waals surface area contributed by atoms with Gasteiger partial charge < -0.3 is 9.26 Å². The monoisotopic (exact) mass is 386 g/mol. The number of hydrogen-bond donors (Lipinski definition) is 1. The maximum atomic E-state index is 12.5. The quantitative estimate of drug-likeness (QED) is 0.627. The van der Waals surface area contributed by atoms with Crippen LogP contribution in [0, 0.1) is 6.92 Å². The molecular formula is C19H18N2O5S. The molecule has 140 valence electrons. The highest BCUT2D eigenvalue weighted by Gasteiger charge is 2.17. The van der Waals surface area contributed by atoms with E-state index in [1.807, 2.05) is 30.3 Å². The zero-order valence-corrected chi connectivity index (χ0v) is 15.4. The third kappa shape index (κ3) is 5.02. The number of nitrogens with zero attached hydrogens (tertiary/aromatic N) is 1. The van der Waals surface area contributed by atoms with Crippen molar-refractivity contribution in [2.45, 2.75) is 25.0 Å². The normalized spacial score (nSPS) is 11.3. The molecule has 0 saturated heterocycles. The molecule has 0 unspecified atom stereocenters. The van der Waals surface area contributed by atoms with Crippen molar-refractivity contribution in [1.82, 2.24) is 9.88 Å². The van der Waals surface area contributed by atoms with Crippen LogP contribution in [-0.4, -0.2) is 19.5 Å². The Morgan fingerprint density at radius 3 is 2.59 bits per heavy atom. The van der Waals surface area contributed by atoms with E-state index < -0.39 is 16.0 Å². The van der Waals surface area contributed by atoms with E-state index in [0.717, 1.165) is 5.56 Å². The van der Waals surface area contributed by atoms with Crippen LogP contribution in [0.4, 0.5) is 0 Å². The molecule has 1 N–H and O–H groups in total. The molecule has 0 spiro atoms. The smallest absolute Gasteiger partial charge is 0.338 e. The summed E-state index contributed by atoms with van der Waals surface area (Å²) in [6.45, 7) is 1.83. The number of esters is 1. The van der Waals surface area contributed by atoms with Crippen LogP contribution in [0.1, 0.15) is 27.4 Å². The summed E-state index contributed by atoms with van der Waals surface area (Å²) < 4.78 is 37.5. The summed E-state index contributed by atoms with van der Waals surface area (Å²) in [6, 6.07) is 16.5. The average Bonchev–Trinajstić information content (AvgIpc) is 3.11. The van der Waals surface area contributed by atoms with Gasteiger partial charge in [0.15, 0.2) is 0 Å². The predicted molar refractivity (Wildman–Crippen MR) is 97.3 cm³/mol. The van der Waals surface area contributed by atoms with Gasteiger partial charge in [0, 0.05) is 12.6 Å². The van der Waals surface area contributed by atoms with Gasteiger partial charge in [0.2, 0.25) is 10.0 Å². The fraction of sp³-hybridized carbons (Fsp3) is 0.158. The maximum absolute atomic E-state index is 12.5. The van der Waals surface area contributed by atoms with Crippen molar-refractivity contribution in [3.8, 4) is 0 Å². The molecule has 1 heterocycles. The molecule has 0 aliphatic rings. The van der Waals surface area contributed by atoms with Gasteiger partial charge in [-0.05, 0) is 30.7 Å². The van der Waals surface area contributed by atoms with Crippen LogP contribution in [0.5, 0.6) is 0 Å². The highest BCUT2D eigenvalue weighted by Crippen LogP contribution is 2.14. The van der Waals surface area contributed by atoms with Gasteiger partial charge in [-0.3, -0.25) is 0 Å². The maximum Gasteiger partial charge on any atom is 0.338 e. The predicted octanol–water partition coefficient (Wildman–Crippen LogP) is 2.82. The molecule has 0 aliphatic carbocycles. The SMILES string of the molecule is Cc1cc(COC(=O)c2cccc(S(=O)(=O)NCc3ccccc3)c2)no1. The molecule has 0 radical (unpaired) electrons. The second-order valence-corrected chi connectivity index (χ2v) is 7.61. The topological polar surface area (TPSA) is 98.5 Å². The third-order valence-corrected chi connectivity index (χ3v) is 5.12. The largest absolute Gasteiger partial charge is 0.455 e. The molecule has 0 fully saturated rings. The number of sulfonamides is 1. The van der Waals surface area contributed by atoms with Gasteiger partial charge >= 0.3 is 5.97 Å². The molecule has 2 aromatic carbocycles. The van der Waals surface area contributed by atoms with Crippen molar-refractivity contribution >= 4 is 16.0 Å². The van der Waals surface area contributed by atoms with Gasteiger partial charge in [-0.1, -0.05) is 41.6 Å². The number of aromatic nitrogens is 1. The van der Waals surface area contributed by atoms with Crippen molar-refractivity contribution in [3.63, 3.8) is 0 Å². The Morgan fingerprint density at radius 1 is 1.11 bits per heavy atom. The van der Waals surface area contributed by atoms with E-state index in [1.54, 1.807) is 13.0 Å². The fourth-order valence-corrected chi connectivity index (χ4v) is 3.42. The number of benzene rings is 2. The zero-order valence-electron chi connectivity index (χ0n) is 14.6. The Hall–Kier alpha value is -2.97. The van der Waals surface area contributed by atoms with Gasteiger partial charge in [-0.2, -0.15) is 0 Å². The van der Waals surface area contributed by atoms with Crippen molar-refractivity contribution in [3.05, 3.63) is 83.2 Å². The van der Waals surface area contributed by atoms with E-state index in [4.69, 9.17) is 9.26 Å². The summed E-state index contributed by atoms with van der Waals surface area (Å²) in [6.07, 6.45) is 0. The second-order valence-electron chi connectivity index (χ2n) is 5.84. The number of rotatable bonds is 7. The van der Waals surface area contributed by atoms with E-state index in [-0.39, 0.29) is 23.6 Å². The summed E-state index contributed by atoms with van der Waals surface area (Å²) in [5.74, 6) is -0.0330. The highest BCUT2D eigenvalue weighted by molar-refractivity contribution is 7.89. The number of ether oxygens (including phenoxy) is 1. The molecule has 1 aromatic heterocycles. The second kappa shape index (κ2) is 8.15. The first-order valence-corrected chi connectivity index (χ1v) is 9.65. The minimum absolute atomic E-state index is 0.00911. The minimum atomic E-state index is -3.76. The van der Waals surface area contributed by atoms with Crippen molar-refractivity contribution in [2.24, 2.45) is 0 Å². The van der Waals surface area contributed by atoms with E-state index in [1.165, 1.54) is 24.3 Å². The van der Waals surface area contributed by atoms with E-state index in [0.29, 0.717) is 11.5 Å². The molecule has 0 saturated carbocycles. The standard InChI is InChI=1S/C19H18N2O5S/c1-14-10-17(21-26-14)13-25-19(22)16-8-5-9-18(11-16)27(23,24)20-12-15-6-3-2-4-7-15/h2-11,20H,12-13H2,1H3. The Labute approximate surface area is 157 Å². The van der Waals surface area contributed by atoms with Crippen molar-refractivity contribution in [2.75, 3.05) is 0 Å². The lowest BCUT2D eigenvalue weighted by atomic mass is 10.2. The first-order valence-electron chi connectivity index (χ1n) is 8.17. The van der Waals surface area contributed by atoms with Crippen molar-refractivity contribution < 1.29 is 22.5 Å². The lowest BCUT2D eigenvalue weighted by Crippen LogP contribution is -2.23. The lowest BCUT2D eigenvalue weighted by Gasteiger charge is -2.08. The van der Waals surface area contributed by atoms with E-state index in [2.05, 4.69) is 9.88 Å². The Morgan fingerprint density at radius 2 is 1.89 bits per heavy atom. The summed E-state index contributed by atoms with van der Waals surface area (Å²) in [5.41, 5.74) is 1.45. The average molecular weight is 386 g/mol. The summed E-state index contributed by atoms with van der Waals surface area (Å²) in [5, 5.41) is 3.73. The van der Waals surface area contributed by atoms with Gasteiger partial charge in [0.25, 0.3) is 0 Å². The van der Waals surface area contributed by atoms with Crippen LogP contribution >= 0.6 is 0 Å². The summed E-state index contributed by atoms with van der Waals surface area (Å²) >= 11 is 0. The molecule has 8 heteroatoms. The zero-order chi connectivity index (χ0) is 19.3. The van der Waals surface area contributed by atoms with E-state index in [9.17, 15) is 13.2 Å². The Balaban J connectivity index is 1.67. The van der Waals surface area contributed by atoms with Crippen LogP contribution < -0.4 is 4.72 Å². The fourth-order valence-electron chi connectivity index (χ4n) is 2.36. The van der Waals surface area contributed by atoms with Crippen molar-refractivity contribution in [1.29, 1.82) is 0 Å². The molecule has 0 bridgehead atoms.